The first-order valence-electron chi connectivity index (χ1n) is 3.40. The maximum absolute atomic E-state index is 10.8. The van der Waals surface area contributed by atoms with E-state index in [4.69, 9.17) is 4.55 Å². The third kappa shape index (κ3) is 3.46. The largest absolute Gasteiger partial charge is 1.00 e. The summed E-state index contributed by atoms with van der Waals surface area (Å²) in [6.07, 6.45) is 0. The molecule has 0 spiro atoms. The molecule has 1 aromatic carbocycles. The molecule has 68 valence electrons. The van der Waals surface area contributed by atoms with E-state index in [0.717, 1.165) is 15.6 Å². The van der Waals surface area contributed by atoms with Crippen LogP contribution in [0.1, 0.15) is 12.6 Å². The molecule has 1 rings (SSSR count). The molecule has 1 unspecified atom stereocenters. The summed E-state index contributed by atoms with van der Waals surface area (Å²) < 4.78 is 20.7. The molecule has 0 fully saturated rings. The van der Waals surface area contributed by atoms with Crippen LogP contribution in [0.3, 0.4) is 0 Å². The van der Waals surface area contributed by atoms with Crippen LogP contribution in [0, 0.1) is 13.8 Å². The predicted octanol–water partition coefficient (Wildman–Crippen LogP) is -0.237. The fourth-order valence-corrected chi connectivity index (χ4v) is 2.53. The van der Waals surface area contributed by atoms with Gasteiger partial charge in [0.25, 0.3) is 0 Å². The van der Waals surface area contributed by atoms with E-state index in [1.165, 1.54) is 0 Å². The number of benzene rings is 1. The van der Waals surface area contributed by atoms with E-state index < -0.39 is 11.1 Å². The summed E-state index contributed by atoms with van der Waals surface area (Å²) >= 11 is 1.43. The van der Waals surface area contributed by atoms with Gasteiger partial charge in [-0.2, -0.15) is 0 Å². The molecule has 0 saturated heterocycles. The van der Waals surface area contributed by atoms with Gasteiger partial charge in [0.15, 0.2) is 11.1 Å². The van der Waals surface area contributed by atoms with Crippen LogP contribution in [0.2, 0.25) is 0 Å². The maximum atomic E-state index is 10.8. The number of halogens is 1. The molecule has 0 aliphatic carbocycles. The molecular formula is C8H10BrNaO2S. The van der Waals surface area contributed by atoms with Gasteiger partial charge in [-0.05, 0) is 37.1 Å². The third-order valence-electron chi connectivity index (χ3n) is 1.60. The molecule has 1 N–H and O–H groups in total. The van der Waals surface area contributed by atoms with Crippen LogP contribution in [0.15, 0.2) is 21.5 Å². The van der Waals surface area contributed by atoms with Crippen LogP contribution < -0.4 is 29.6 Å². The average Bonchev–Trinajstić information content (AvgIpc) is 1.82. The Morgan fingerprint density at radius 3 is 2.08 bits per heavy atom. The summed E-state index contributed by atoms with van der Waals surface area (Å²) in [4.78, 5) is 0.512. The van der Waals surface area contributed by atoms with Crippen molar-refractivity contribution in [2.75, 3.05) is 0 Å². The van der Waals surface area contributed by atoms with E-state index >= 15 is 0 Å². The van der Waals surface area contributed by atoms with Gasteiger partial charge in [-0.25, -0.2) is 4.21 Å². The van der Waals surface area contributed by atoms with Gasteiger partial charge < -0.3 is 5.98 Å². The zero-order valence-electron chi connectivity index (χ0n) is 8.80. The molecule has 0 aliphatic heterocycles. The Balaban J connectivity index is 0. The van der Waals surface area contributed by atoms with E-state index in [1.807, 2.05) is 26.0 Å². The van der Waals surface area contributed by atoms with Gasteiger partial charge in [-0.15, -0.1) is 0 Å². The van der Waals surface area contributed by atoms with Crippen molar-refractivity contribution in [2.45, 2.75) is 18.7 Å². The minimum Gasteiger partial charge on any atom is -1.00 e. The van der Waals surface area contributed by atoms with Gasteiger partial charge in [0.05, 0.1) is 4.90 Å². The van der Waals surface area contributed by atoms with Crippen molar-refractivity contribution in [1.29, 1.82) is 0 Å². The fourth-order valence-electron chi connectivity index (χ4n) is 1.17. The first-order chi connectivity index (χ1) is 5.52. The zero-order valence-corrected chi connectivity index (χ0v) is 12.2. The maximum Gasteiger partial charge on any atom is 1.00 e. The molecule has 0 aromatic heterocycles. The number of aryl methyl sites for hydroxylation is 2. The van der Waals surface area contributed by atoms with Crippen LogP contribution in [0.25, 0.3) is 0 Å². The Kier molecular flexibility index (Phi) is 5.98. The summed E-state index contributed by atoms with van der Waals surface area (Å²) in [6, 6.07) is 3.66. The normalized spacial score (nSPS) is 12.0. The quantitative estimate of drug-likeness (QED) is 0.566. The monoisotopic (exact) mass is 272 g/mol. The first kappa shape index (κ1) is 13.8. The molecule has 0 heterocycles. The van der Waals surface area contributed by atoms with Gasteiger partial charge in [-0.1, -0.05) is 15.9 Å². The summed E-state index contributed by atoms with van der Waals surface area (Å²) in [5, 5.41) is 0. The SMILES string of the molecule is Cc1cc(Br)cc(C)c1S(=O)O.[H-].[Na+]. The van der Waals surface area contributed by atoms with Crippen LogP contribution in [0.5, 0.6) is 0 Å². The second kappa shape index (κ2) is 5.63. The zero-order chi connectivity index (χ0) is 9.30. The average molecular weight is 273 g/mol. The fraction of sp³-hybridized carbons (Fsp3) is 0.250. The molecular weight excluding hydrogens is 263 g/mol. The first-order valence-corrected chi connectivity index (χ1v) is 5.30. The van der Waals surface area contributed by atoms with Crippen molar-refractivity contribution in [3.63, 3.8) is 0 Å². The molecule has 1 aromatic rings. The van der Waals surface area contributed by atoms with Crippen molar-refractivity contribution in [3.05, 3.63) is 27.7 Å². The second-order valence-electron chi connectivity index (χ2n) is 2.62. The van der Waals surface area contributed by atoms with E-state index in [9.17, 15) is 4.21 Å². The van der Waals surface area contributed by atoms with Crippen molar-refractivity contribution < 1.29 is 39.7 Å². The van der Waals surface area contributed by atoms with Crippen molar-refractivity contribution >= 4 is 27.0 Å². The second-order valence-corrected chi connectivity index (χ2v) is 4.44. The van der Waals surface area contributed by atoms with E-state index in [2.05, 4.69) is 15.9 Å². The minimum atomic E-state index is -1.88. The molecule has 1 atom stereocenters. The molecule has 0 saturated carbocycles. The van der Waals surface area contributed by atoms with Gasteiger partial charge in [0.2, 0.25) is 0 Å². The van der Waals surface area contributed by atoms with Crippen molar-refractivity contribution in [1.82, 2.24) is 0 Å². The molecule has 0 bridgehead atoms. The molecule has 0 aliphatic rings. The summed E-state index contributed by atoms with van der Waals surface area (Å²) in [7, 11) is 0. The molecule has 0 amide bonds. The van der Waals surface area contributed by atoms with Gasteiger partial charge >= 0.3 is 29.6 Å². The van der Waals surface area contributed by atoms with Gasteiger partial charge in [0.1, 0.15) is 0 Å². The van der Waals surface area contributed by atoms with Crippen LogP contribution in [-0.2, 0) is 11.1 Å². The third-order valence-corrected chi connectivity index (χ3v) is 3.05. The van der Waals surface area contributed by atoms with E-state index in [0.29, 0.717) is 4.90 Å². The summed E-state index contributed by atoms with van der Waals surface area (Å²) in [5.74, 6) is 0. The number of hydrogen-bond acceptors (Lipinski definition) is 1. The Morgan fingerprint density at radius 2 is 1.77 bits per heavy atom. The molecule has 0 radical (unpaired) electrons. The Labute approximate surface area is 112 Å². The molecule has 5 heteroatoms. The Hall–Kier alpha value is 0.810. The van der Waals surface area contributed by atoms with Crippen molar-refractivity contribution in [2.24, 2.45) is 0 Å². The Morgan fingerprint density at radius 1 is 1.38 bits per heavy atom. The van der Waals surface area contributed by atoms with E-state index in [-0.39, 0.29) is 31.0 Å². The number of hydrogen-bond donors (Lipinski definition) is 1. The molecule has 2 nitrogen and oxygen atoms in total. The van der Waals surface area contributed by atoms with Crippen LogP contribution >= 0.6 is 15.9 Å². The van der Waals surface area contributed by atoms with Crippen LogP contribution in [0.4, 0.5) is 0 Å². The topological polar surface area (TPSA) is 37.3 Å². The van der Waals surface area contributed by atoms with E-state index in [1.54, 1.807) is 0 Å². The van der Waals surface area contributed by atoms with Gasteiger partial charge in [-0.3, -0.25) is 0 Å². The minimum absolute atomic E-state index is 0. The Bertz CT molecular complexity index is 323. The summed E-state index contributed by atoms with van der Waals surface area (Å²) in [5.41, 5.74) is 1.67. The smallest absolute Gasteiger partial charge is 1.00 e. The standard InChI is InChI=1S/C8H9BrO2S.Na.H/c1-5-3-7(9)4-6(2)8(5)12(10)11;;/h3-4H,1-2H3,(H,10,11);;/q;+1;-1. The van der Waals surface area contributed by atoms with Crippen molar-refractivity contribution in [3.8, 4) is 0 Å². The van der Waals surface area contributed by atoms with Crippen LogP contribution in [-0.4, -0.2) is 8.76 Å². The molecule has 13 heavy (non-hydrogen) atoms. The van der Waals surface area contributed by atoms with Gasteiger partial charge in [0, 0.05) is 4.47 Å². The number of rotatable bonds is 1. The predicted molar refractivity (Wildman–Crippen MR) is 53.8 cm³/mol. The summed E-state index contributed by atoms with van der Waals surface area (Å²) in [6.45, 7) is 3.64.